The first kappa shape index (κ1) is 24.5. The van der Waals surface area contributed by atoms with E-state index in [4.69, 9.17) is 5.11 Å². The number of aliphatic hydroxyl groups is 1. The number of fused-ring (bicyclic) bond motifs is 4. The van der Waals surface area contributed by atoms with Crippen LogP contribution in [0.25, 0.3) is 33.2 Å². The van der Waals surface area contributed by atoms with Crippen molar-refractivity contribution in [1.82, 2.24) is 9.97 Å². The number of ketones is 1. The van der Waals surface area contributed by atoms with Crippen molar-refractivity contribution in [3.8, 4) is 22.4 Å². The number of nitrogens with zero attached hydrogens (tertiary/aromatic N) is 2. The first-order valence-electron chi connectivity index (χ1n) is 10.5. The molecule has 1 aromatic heterocycles. The summed E-state index contributed by atoms with van der Waals surface area (Å²) in [6, 6.07) is 24.4. The predicted octanol–water partition coefficient (Wildman–Crippen LogP) is 6.44. The standard InChI is InChI=1S/C23H17N2.C5H8O2.Ir/c1-23(2)19-13-17-11-7-6-10-16(17)12-18(19)20-21(24-14-25-22(20)23)15-8-4-3-5-9-15;1-4(6)3-5(2)7;/h3-8,10-14H,1-2H3;3,6H,1-2H3;/q-1;;/b;4-3-;. The molecule has 0 unspecified atom stereocenters. The number of carbonyl (C=O) groups excluding carboxylic acids is 1. The number of carbonyl (C=O) groups is 1. The molecule has 1 radical (unpaired) electrons. The SMILES string of the molecule is CC(=O)/C=C(/C)O.CC1(C)c2cc3ccccc3cc2-c2c(-c3[c-]cccc3)ncnc21.[Ir]. The van der Waals surface area contributed by atoms with Crippen LogP contribution in [0.3, 0.4) is 0 Å². The van der Waals surface area contributed by atoms with Crippen LogP contribution in [0.4, 0.5) is 0 Å². The molecule has 3 aromatic carbocycles. The Kier molecular flexibility index (Phi) is 7.26. The van der Waals surface area contributed by atoms with E-state index < -0.39 is 0 Å². The molecule has 33 heavy (non-hydrogen) atoms. The second-order valence-corrected chi connectivity index (χ2v) is 8.49. The summed E-state index contributed by atoms with van der Waals surface area (Å²) in [7, 11) is 0. The molecule has 0 spiro atoms. The summed E-state index contributed by atoms with van der Waals surface area (Å²) in [6.45, 7) is 7.34. The molecule has 0 atom stereocenters. The van der Waals surface area contributed by atoms with E-state index in [-0.39, 0.29) is 37.1 Å². The van der Waals surface area contributed by atoms with Crippen molar-refractivity contribution < 1.29 is 30.0 Å². The summed E-state index contributed by atoms with van der Waals surface area (Å²) in [6.07, 6.45) is 2.85. The molecule has 0 amide bonds. The molecule has 1 aliphatic rings. The van der Waals surface area contributed by atoms with Gasteiger partial charge in [0.1, 0.15) is 6.33 Å². The van der Waals surface area contributed by atoms with E-state index >= 15 is 0 Å². The van der Waals surface area contributed by atoms with Gasteiger partial charge in [-0.1, -0.05) is 38.1 Å². The molecule has 0 saturated heterocycles. The van der Waals surface area contributed by atoms with Crippen LogP contribution in [0.1, 0.15) is 39.0 Å². The summed E-state index contributed by atoms with van der Waals surface area (Å²) in [5, 5.41) is 10.9. The zero-order valence-corrected chi connectivity index (χ0v) is 21.4. The fourth-order valence-corrected chi connectivity index (χ4v) is 4.25. The molecule has 0 saturated carbocycles. The van der Waals surface area contributed by atoms with E-state index in [1.165, 1.54) is 41.8 Å². The van der Waals surface area contributed by atoms with Gasteiger partial charge in [-0.15, -0.1) is 35.9 Å². The summed E-state index contributed by atoms with van der Waals surface area (Å²) >= 11 is 0. The average molecular weight is 614 g/mol. The molecular weight excluding hydrogens is 589 g/mol. The van der Waals surface area contributed by atoms with Crippen molar-refractivity contribution in [2.45, 2.75) is 33.1 Å². The number of aliphatic hydroxyl groups excluding tert-OH is 1. The summed E-state index contributed by atoms with van der Waals surface area (Å²) in [4.78, 5) is 19.3. The maximum absolute atomic E-state index is 10.0. The van der Waals surface area contributed by atoms with Gasteiger partial charge in [0.2, 0.25) is 0 Å². The fraction of sp³-hybridized carbons (Fsp3) is 0.179. The minimum Gasteiger partial charge on any atom is -0.512 e. The molecule has 0 fully saturated rings. The number of rotatable bonds is 2. The Morgan fingerprint density at radius 2 is 1.67 bits per heavy atom. The minimum absolute atomic E-state index is 0. The summed E-state index contributed by atoms with van der Waals surface area (Å²) in [5.41, 5.74) is 6.65. The Morgan fingerprint density at radius 1 is 1.00 bits per heavy atom. The van der Waals surface area contributed by atoms with E-state index in [0.717, 1.165) is 22.5 Å². The molecule has 5 heteroatoms. The van der Waals surface area contributed by atoms with E-state index in [1.54, 1.807) is 6.33 Å². The van der Waals surface area contributed by atoms with E-state index in [9.17, 15) is 4.79 Å². The second-order valence-electron chi connectivity index (χ2n) is 8.49. The van der Waals surface area contributed by atoms with Gasteiger partial charge in [0.05, 0.1) is 11.5 Å². The first-order chi connectivity index (χ1) is 15.3. The van der Waals surface area contributed by atoms with Crippen LogP contribution in [0, 0.1) is 6.07 Å². The summed E-state index contributed by atoms with van der Waals surface area (Å²) in [5.74, 6) is -0.0625. The Bertz CT molecular complexity index is 1340. The van der Waals surface area contributed by atoms with Crippen molar-refractivity contribution in [2.24, 2.45) is 0 Å². The predicted molar refractivity (Wildman–Crippen MR) is 128 cm³/mol. The van der Waals surface area contributed by atoms with Crippen LogP contribution in [0.5, 0.6) is 0 Å². The van der Waals surface area contributed by atoms with Crippen molar-refractivity contribution in [1.29, 1.82) is 0 Å². The van der Waals surface area contributed by atoms with Crippen LogP contribution >= 0.6 is 0 Å². The van der Waals surface area contributed by atoms with Gasteiger partial charge in [-0.05, 0) is 59.1 Å². The molecule has 5 rings (SSSR count). The molecule has 0 bridgehead atoms. The molecule has 169 valence electrons. The smallest absolute Gasteiger partial charge is 0.155 e. The Hall–Kier alpha value is -3.14. The maximum atomic E-state index is 10.0. The molecule has 4 nitrogen and oxygen atoms in total. The first-order valence-corrected chi connectivity index (χ1v) is 10.5. The Balaban J connectivity index is 0.000000337. The van der Waals surface area contributed by atoms with Gasteiger partial charge in [0, 0.05) is 31.6 Å². The summed E-state index contributed by atoms with van der Waals surface area (Å²) < 4.78 is 0. The van der Waals surface area contributed by atoms with Gasteiger partial charge in [0.25, 0.3) is 0 Å². The maximum Gasteiger partial charge on any atom is 0.155 e. The third-order valence-electron chi connectivity index (χ3n) is 5.64. The van der Waals surface area contributed by atoms with Gasteiger partial charge < -0.3 is 5.11 Å². The number of hydrogen-bond acceptors (Lipinski definition) is 4. The number of aromatic nitrogens is 2. The molecule has 4 aromatic rings. The quantitative estimate of drug-likeness (QED) is 0.161. The van der Waals surface area contributed by atoms with Gasteiger partial charge >= 0.3 is 0 Å². The van der Waals surface area contributed by atoms with E-state index in [0.29, 0.717) is 0 Å². The van der Waals surface area contributed by atoms with Gasteiger partial charge in [0.15, 0.2) is 5.78 Å². The van der Waals surface area contributed by atoms with Crippen molar-refractivity contribution in [3.05, 3.63) is 96.1 Å². The third-order valence-corrected chi connectivity index (χ3v) is 5.64. The number of hydrogen-bond donors (Lipinski definition) is 1. The van der Waals surface area contributed by atoms with Gasteiger partial charge in [-0.2, -0.15) is 0 Å². The molecule has 0 aliphatic heterocycles. The van der Waals surface area contributed by atoms with Crippen LogP contribution in [0.2, 0.25) is 0 Å². The molecular formula is C28H25IrN2O2-. The van der Waals surface area contributed by atoms with Crippen molar-refractivity contribution >= 4 is 16.6 Å². The van der Waals surface area contributed by atoms with Crippen LogP contribution in [-0.2, 0) is 30.3 Å². The normalized spacial score (nSPS) is 13.3. The van der Waals surface area contributed by atoms with Crippen molar-refractivity contribution in [3.63, 3.8) is 0 Å². The van der Waals surface area contributed by atoms with Crippen molar-refractivity contribution in [2.75, 3.05) is 0 Å². The number of allylic oxidation sites excluding steroid dienone is 2. The second kappa shape index (κ2) is 9.78. The largest absolute Gasteiger partial charge is 0.512 e. The monoisotopic (exact) mass is 614 g/mol. The number of benzene rings is 3. The van der Waals surface area contributed by atoms with Crippen LogP contribution in [0.15, 0.2) is 78.8 Å². The molecule has 1 heterocycles. The van der Waals surface area contributed by atoms with Gasteiger partial charge in [-0.3, -0.25) is 9.78 Å². The molecule has 1 N–H and O–H groups in total. The topological polar surface area (TPSA) is 63.1 Å². The van der Waals surface area contributed by atoms with Gasteiger partial charge in [-0.25, -0.2) is 4.98 Å². The zero-order chi connectivity index (χ0) is 22.9. The average Bonchev–Trinajstić information content (AvgIpc) is 2.99. The molecule has 1 aliphatic carbocycles. The fourth-order valence-electron chi connectivity index (χ4n) is 4.25. The Labute approximate surface area is 207 Å². The van der Waals surface area contributed by atoms with E-state index in [2.05, 4.69) is 72.3 Å². The third kappa shape index (κ3) is 4.80. The Morgan fingerprint density at radius 3 is 2.24 bits per heavy atom. The van der Waals surface area contributed by atoms with Crippen LogP contribution < -0.4 is 0 Å². The van der Waals surface area contributed by atoms with Crippen LogP contribution in [-0.4, -0.2) is 20.9 Å². The zero-order valence-electron chi connectivity index (χ0n) is 19.0. The minimum atomic E-state index is -0.138. The van der Waals surface area contributed by atoms with E-state index in [1.807, 2.05) is 18.2 Å².